The molecule has 0 amide bonds. The zero-order valence-corrected chi connectivity index (χ0v) is 21.9. The van der Waals surface area contributed by atoms with Gasteiger partial charge in [0, 0.05) is 11.3 Å². The van der Waals surface area contributed by atoms with Crippen molar-refractivity contribution in [1.29, 1.82) is 0 Å². The summed E-state index contributed by atoms with van der Waals surface area (Å²) >= 11 is 0. The van der Waals surface area contributed by atoms with Gasteiger partial charge < -0.3 is 14.9 Å². The molecule has 0 aromatic carbocycles. The van der Waals surface area contributed by atoms with Gasteiger partial charge in [0.15, 0.2) is 12.1 Å². The van der Waals surface area contributed by atoms with Crippen LogP contribution in [0.3, 0.4) is 0 Å². The SMILES string of the molecule is CC.CCCC(OP=CCO)OC1CC2C3CCC4=CC(=O)C=CC4(C)C3C(O)CC2(C)C1. The molecule has 0 bridgehead atoms. The zero-order valence-electron chi connectivity index (χ0n) is 21.0. The van der Waals surface area contributed by atoms with Gasteiger partial charge in [0.2, 0.25) is 0 Å². The van der Waals surface area contributed by atoms with Gasteiger partial charge in [-0.15, -0.1) is 0 Å². The van der Waals surface area contributed by atoms with E-state index in [1.54, 1.807) is 11.9 Å². The van der Waals surface area contributed by atoms with Gasteiger partial charge in [-0.3, -0.25) is 9.32 Å². The van der Waals surface area contributed by atoms with Crippen LogP contribution in [0.1, 0.15) is 79.6 Å². The molecule has 33 heavy (non-hydrogen) atoms. The second kappa shape index (κ2) is 11.3. The van der Waals surface area contributed by atoms with E-state index in [2.05, 4.69) is 26.8 Å². The van der Waals surface area contributed by atoms with E-state index in [-0.39, 0.29) is 47.6 Å². The van der Waals surface area contributed by atoms with Gasteiger partial charge in [-0.2, -0.15) is 0 Å². The summed E-state index contributed by atoms with van der Waals surface area (Å²) in [5.74, 6) is 2.87. The van der Waals surface area contributed by atoms with Crippen LogP contribution in [-0.4, -0.2) is 46.9 Å². The second-order valence-electron chi connectivity index (χ2n) is 10.4. The van der Waals surface area contributed by atoms with E-state index in [0.717, 1.165) is 44.9 Å². The van der Waals surface area contributed by atoms with Crippen LogP contribution in [0.25, 0.3) is 0 Å². The molecule has 3 saturated carbocycles. The average molecular weight is 479 g/mol. The summed E-state index contributed by atoms with van der Waals surface area (Å²) in [7, 11) is 0.652. The van der Waals surface area contributed by atoms with Gasteiger partial charge >= 0.3 is 0 Å². The lowest BCUT2D eigenvalue weighted by molar-refractivity contribution is -0.116. The molecule has 186 valence electrons. The number of ether oxygens (including phenoxy) is 1. The third-order valence-electron chi connectivity index (χ3n) is 8.42. The molecule has 0 aromatic heterocycles. The molecule has 8 unspecified atom stereocenters. The standard InChI is InChI=1S/C25H37O5P.C2H6/c1-4-5-22(30-31-11-10-26)29-18-13-20-19-7-6-16-12-17(27)8-9-25(16,3)23(19)21(28)15-24(20,2)14-18;1-2/h8-9,11-12,18-23,26,28H,4-7,10,13-15H2,1-3H3;1-2H3. The molecular formula is C27H43O5P. The van der Waals surface area contributed by atoms with Crippen molar-refractivity contribution in [3.8, 4) is 0 Å². The summed E-state index contributed by atoms with van der Waals surface area (Å²) in [6.45, 7) is 10.7. The normalized spacial score (nSPS) is 40.4. The van der Waals surface area contributed by atoms with Crippen LogP contribution in [0.2, 0.25) is 0 Å². The van der Waals surface area contributed by atoms with Crippen LogP contribution >= 0.6 is 8.43 Å². The van der Waals surface area contributed by atoms with Crippen molar-refractivity contribution in [2.45, 2.75) is 98.1 Å². The van der Waals surface area contributed by atoms with Gasteiger partial charge in [0.25, 0.3) is 0 Å². The third kappa shape index (κ3) is 5.38. The molecule has 4 rings (SSSR count). The molecule has 5 nitrogen and oxygen atoms in total. The second-order valence-corrected chi connectivity index (χ2v) is 11.2. The van der Waals surface area contributed by atoms with E-state index >= 15 is 0 Å². The summed E-state index contributed by atoms with van der Waals surface area (Å²) in [6.07, 6.45) is 11.6. The summed E-state index contributed by atoms with van der Waals surface area (Å²) in [5, 5.41) is 20.3. The Morgan fingerprint density at radius 3 is 2.76 bits per heavy atom. The Labute approximate surface area is 201 Å². The number of carbonyl (C=O) groups excluding carboxylic acids is 1. The molecule has 8 atom stereocenters. The molecule has 3 fully saturated rings. The number of aliphatic hydroxyl groups is 2. The molecule has 0 aromatic rings. The van der Waals surface area contributed by atoms with Gasteiger partial charge in [-0.1, -0.05) is 52.7 Å². The number of ketones is 1. The molecular weight excluding hydrogens is 435 g/mol. The Hall–Kier alpha value is -0.840. The van der Waals surface area contributed by atoms with Gasteiger partial charge in [0.05, 0.1) is 27.2 Å². The predicted octanol–water partition coefficient (Wildman–Crippen LogP) is 5.48. The van der Waals surface area contributed by atoms with Crippen molar-refractivity contribution in [2.24, 2.45) is 28.6 Å². The molecule has 0 spiro atoms. The van der Waals surface area contributed by atoms with Crippen LogP contribution in [0.15, 0.2) is 23.8 Å². The number of carbonyl (C=O) groups is 1. The summed E-state index contributed by atoms with van der Waals surface area (Å²) < 4.78 is 12.3. The first-order chi connectivity index (χ1) is 15.8. The highest BCUT2D eigenvalue weighted by Crippen LogP contribution is 2.64. The molecule has 0 heterocycles. The summed E-state index contributed by atoms with van der Waals surface area (Å²) in [5.41, 5.74) is 1.05. The van der Waals surface area contributed by atoms with Crippen LogP contribution in [0, 0.1) is 28.6 Å². The molecule has 2 N–H and O–H groups in total. The first kappa shape index (κ1) is 26.8. The Kier molecular flexibility index (Phi) is 9.13. The van der Waals surface area contributed by atoms with Crippen molar-refractivity contribution in [1.82, 2.24) is 0 Å². The number of aliphatic hydroxyl groups excluding tert-OH is 2. The Morgan fingerprint density at radius 2 is 2.06 bits per heavy atom. The maximum Gasteiger partial charge on any atom is 0.178 e. The Bertz CT molecular complexity index is 776. The molecule has 4 aliphatic rings. The van der Waals surface area contributed by atoms with Gasteiger partial charge in [-0.05, 0) is 73.7 Å². The van der Waals surface area contributed by atoms with Crippen molar-refractivity contribution in [3.05, 3.63) is 23.8 Å². The number of hydrogen-bond donors (Lipinski definition) is 2. The average Bonchev–Trinajstić information content (AvgIpc) is 3.11. The fraction of sp³-hybridized carbons (Fsp3) is 0.778. The molecule has 0 radical (unpaired) electrons. The third-order valence-corrected chi connectivity index (χ3v) is 9.09. The van der Waals surface area contributed by atoms with Crippen molar-refractivity contribution < 1.29 is 24.3 Å². The maximum atomic E-state index is 12.0. The summed E-state index contributed by atoms with van der Waals surface area (Å²) in [6, 6.07) is 0. The largest absolute Gasteiger partial charge is 0.393 e. The fourth-order valence-corrected chi connectivity index (χ4v) is 7.63. The highest BCUT2D eigenvalue weighted by Gasteiger charge is 2.60. The van der Waals surface area contributed by atoms with Crippen LogP contribution in [0.4, 0.5) is 0 Å². The number of hydrogen-bond acceptors (Lipinski definition) is 5. The molecule has 0 aliphatic heterocycles. The smallest absolute Gasteiger partial charge is 0.178 e. The Balaban J connectivity index is 0.00000149. The lowest BCUT2D eigenvalue weighted by Gasteiger charge is -2.57. The lowest BCUT2D eigenvalue weighted by Crippen LogP contribution is -2.54. The van der Waals surface area contributed by atoms with Crippen LogP contribution in [-0.2, 0) is 14.1 Å². The van der Waals surface area contributed by atoms with Gasteiger partial charge in [-0.25, -0.2) is 0 Å². The minimum atomic E-state index is -0.364. The zero-order chi connectivity index (χ0) is 24.2. The minimum absolute atomic E-state index is 0.000175. The molecule has 4 aliphatic carbocycles. The van der Waals surface area contributed by atoms with E-state index in [4.69, 9.17) is 14.4 Å². The van der Waals surface area contributed by atoms with E-state index < -0.39 is 0 Å². The first-order valence-corrected chi connectivity index (χ1v) is 13.7. The van der Waals surface area contributed by atoms with E-state index in [9.17, 15) is 9.90 Å². The van der Waals surface area contributed by atoms with Gasteiger partial charge in [0.1, 0.15) is 0 Å². The monoisotopic (exact) mass is 478 g/mol. The minimum Gasteiger partial charge on any atom is -0.393 e. The predicted molar refractivity (Wildman–Crippen MR) is 134 cm³/mol. The number of rotatable bonds is 7. The first-order valence-electron chi connectivity index (χ1n) is 12.9. The highest BCUT2D eigenvalue weighted by molar-refractivity contribution is 7.33. The van der Waals surface area contributed by atoms with E-state index in [0.29, 0.717) is 20.3 Å². The van der Waals surface area contributed by atoms with E-state index in [1.807, 2.05) is 19.9 Å². The van der Waals surface area contributed by atoms with Crippen LogP contribution < -0.4 is 0 Å². The number of allylic oxidation sites excluding steroid dienone is 4. The van der Waals surface area contributed by atoms with Crippen molar-refractivity contribution >= 4 is 20.0 Å². The van der Waals surface area contributed by atoms with Crippen molar-refractivity contribution in [3.63, 3.8) is 0 Å². The highest BCUT2D eigenvalue weighted by atomic mass is 31.1. The fourth-order valence-electron chi connectivity index (χ4n) is 7.18. The molecule has 0 saturated heterocycles. The summed E-state index contributed by atoms with van der Waals surface area (Å²) in [4.78, 5) is 12.0. The number of fused-ring (bicyclic) bond motifs is 5. The van der Waals surface area contributed by atoms with Crippen LogP contribution in [0.5, 0.6) is 0 Å². The van der Waals surface area contributed by atoms with E-state index in [1.165, 1.54) is 5.57 Å². The Morgan fingerprint density at radius 1 is 1.30 bits per heavy atom. The molecule has 6 heteroatoms. The van der Waals surface area contributed by atoms with Crippen molar-refractivity contribution in [2.75, 3.05) is 6.61 Å². The maximum absolute atomic E-state index is 12.0. The topological polar surface area (TPSA) is 76.0 Å². The lowest BCUT2D eigenvalue weighted by atomic mass is 9.47. The quantitative estimate of drug-likeness (QED) is 0.375.